The summed E-state index contributed by atoms with van der Waals surface area (Å²) in [5, 5.41) is 0.974. The van der Waals surface area contributed by atoms with Crippen LogP contribution in [0.25, 0.3) is 0 Å². The normalized spacial score (nSPS) is 10.7. The Morgan fingerprint density at radius 1 is 1.32 bits per heavy atom. The van der Waals surface area contributed by atoms with E-state index in [0.717, 1.165) is 35.9 Å². The summed E-state index contributed by atoms with van der Waals surface area (Å²) in [6.45, 7) is 3.55. The molecule has 0 unspecified atom stereocenters. The lowest BCUT2D eigenvalue weighted by molar-refractivity contribution is 0.846. The summed E-state index contributed by atoms with van der Waals surface area (Å²) in [4.78, 5) is 6.68. The van der Waals surface area contributed by atoms with Crippen molar-refractivity contribution >= 4 is 16.7 Å². The first-order chi connectivity index (χ1) is 9.22. The zero-order valence-corrected chi connectivity index (χ0v) is 12.3. The minimum Gasteiger partial charge on any atom is -0.346 e. The van der Waals surface area contributed by atoms with Crippen molar-refractivity contribution in [1.29, 1.82) is 0 Å². The van der Waals surface area contributed by atoms with Gasteiger partial charge in [-0.1, -0.05) is 31.2 Å². The van der Waals surface area contributed by atoms with E-state index >= 15 is 0 Å². The minimum atomic E-state index is 0.580. The monoisotopic (exact) mass is 276 g/mol. The molecule has 0 spiro atoms. The molecule has 0 bridgehead atoms. The lowest BCUT2D eigenvalue weighted by atomic mass is 10.1. The van der Waals surface area contributed by atoms with Gasteiger partial charge in [-0.3, -0.25) is 0 Å². The van der Waals surface area contributed by atoms with E-state index in [1.165, 1.54) is 17.1 Å². The molecule has 2 aromatic rings. The maximum Gasteiger partial charge on any atom is 0.205 e. The van der Waals surface area contributed by atoms with Crippen molar-refractivity contribution in [3.05, 3.63) is 41.2 Å². The van der Waals surface area contributed by atoms with E-state index in [1.807, 2.05) is 19.2 Å². The Balaban J connectivity index is 2.04. The molecule has 0 saturated carbocycles. The van der Waals surface area contributed by atoms with Crippen LogP contribution >= 0.6 is 11.5 Å². The number of rotatable bonds is 6. The number of aryl methyl sites for hydroxylation is 1. The van der Waals surface area contributed by atoms with Crippen LogP contribution in [0.5, 0.6) is 0 Å². The summed E-state index contributed by atoms with van der Waals surface area (Å²) in [6.07, 6.45) is 2.03. The molecule has 0 aliphatic heterocycles. The predicted molar refractivity (Wildman–Crippen MR) is 80.3 cm³/mol. The van der Waals surface area contributed by atoms with E-state index in [1.54, 1.807) is 0 Å². The van der Waals surface area contributed by atoms with Gasteiger partial charge in [0, 0.05) is 38.1 Å². The number of aromatic nitrogens is 2. The van der Waals surface area contributed by atoms with Gasteiger partial charge in [-0.2, -0.15) is 4.37 Å². The van der Waals surface area contributed by atoms with Crippen LogP contribution in [-0.2, 0) is 19.5 Å². The molecule has 19 heavy (non-hydrogen) atoms. The highest BCUT2D eigenvalue weighted by atomic mass is 32.1. The zero-order valence-electron chi connectivity index (χ0n) is 11.5. The van der Waals surface area contributed by atoms with Gasteiger partial charge >= 0.3 is 0 Å². The summed E-state index contributed by atoms with van der Waals surface area (Å²) in [6, 6.07) is 8.36. The largest absolute Gasteiger partial charge is 0.346 e. The lowest BCUT2D eigenvalue weighted by Crippen LogP contribution is -2.16. The molecule has 0 saturated heterocycles. The maximum atomic E-state index is 5.66. The van der Waals surface area contributed by atoms with Gasteiger partial charge in [0.05, 0.1) is 0 Å². The second-order valence-electron chi connectivity index (χ2n) is 4.62. The van der Waals surface area contributed by atoms with Crippen molar-refractivity contribution in [2.24, 2.45) is 5.73 Å². The Bertz CT molecular complexity index is 524. The van der Waals surface area contributed by atoms with Gasteiger partial charge in [-0.05, 0) is 17.5 Å². The first-order valence-corrected chi connectivity index (χ1v) is 7.32. The van der Waals surface area contributed by atoms with Crippen molar-refractivity contribution in [2.45, 2.75) is 32.9 Å². The van der Waals surface area contributed by atoms with E-state index < -0.39 is 0 Å². The highest BCUT2D eigenvalue weighted by Crippen LogP contribution is 2.19. The third-order valence-corrected chi connectivity index (χ3v) is 3.77. The van der Waals surface area contributed by atoms with Crippen LogP contribution < -0.4 is 10.6 Å². The van der Waals surface area contributed by atoms with Crippen LogP contribution in [0.3, 0.4) is 0 Å². The van der Waals surface area contributed by atoms with E-state index in [4.69, 9.17) is 5.73 Å². The van der Waals surface area contributed by atoms with Crippen LogP contribution in [0, 0.1) is 0 Å². The van der Waals surface area contributed by atoms with E-state index in [2.05, 4.69) is 33.3 Å². The minimum absolute atomic E-state index is 0.580. The Kier molecular flexibility index (Phi) is 4.87. The van der Waals surface area contributed by atoms with E-state index in [-0.39, 0.29) is 0 Å². The average Bonchev–Trinajstić information content (AvgIpc) is 2.88. The van der Waals surface area contributed by atoms with Gasteiger partial charge in [0.1, 0.15) is 5.82 Å². The Labute approximate surface area is 118 Å². The quantitative estimate of drug-likeness (QED) is 0.881. The van der Waals surface area contributed by atoms with Crippen molar-refractivity contribution in [1.82, 2.24) is 9.36 Å². The fourth-order valence-corrected chi connectivity index (χ4v) is 2.59. The molecule has 102 valence electrons. The number of anilines is 1. The van der Waals surface area contributed by atoms with Crippen LogP contribution in [-0.4, -0.2) is 16.4 Å². The third kappa shape index (κ3) is 3.75. The first kappa shape index (κ1) is 14.0. The third-order valence-electron chi connectivity index (χ3n) is 2.90. The molecule has 5 heteroatoms. The van der Waals surface area contributed by atoms with Gasteiger partial charge in [0.15, 0.2) is 0 Å². The van der Waals surface area contributed by atoms with Crippen molar-refractivity contribution in [3.8, 4) is 0 Å². The lowest BCUT2D eigenvalue weighted by Gasteiger charge is -2.15. The number of hydrogen-bond acceptors (Lipinski definition) is 5. The molecule has 0 amide bonds. The summed E-state index contributed by atoms with van der Waals surface area (Å²) in [5.41, 5.74) is 8.07. The SMILES string of the molecule is CCCc1nsc(N(C)Cc2cccc(CN)c2)n1. The molecule has 0 atom stereocenters. The molecular weight excluding hydrogens is 256 g/mol. The molecule has 0 radical (unpaired) electrons. The number of nitrogens with zero attached hydrogens (tertiary/aromatic N) is 3. The topological polar surface area (TPSA) is 55.0 Å². The van der Waals surface area contributed by atoms with Crippen LogP contribution in [0.15, 0.2) is 24.3 Å². The molecule has 1 aromatic heterocycles. The molecular formula is C14H20N4S. The maximum absolute atomic E-state index is 5.66. The molecule has 0 fully saturated rings. The van der Waals surface area contributed by atoms with Gasteiger partial charge in [0.25, 0.3) is 0 Å². The Morgan fingerprint density at radius 3 is 2.84 bits per heavy atom. The molecule has 0 aliphatic carbocycles. The highest BCUT2D eigenvalue weighted by molar-refractivity contribution is 7.09. The Morgan fingerprint density at radius 2 is 2.11 bits per heavy atom. The van der Waals surface area contributed by atoms with Crippen LogP contribution in [0.2, 0.25) is 0 Å². The second-order valence-corrected chi connectivity index (χ2v) is 5.35. The summed E-state index contributed by atoms with van der Waals surface area (Å²) in [7, 11) is 2.05. The molecule has 2 rings (SSSR count). The van der Waals surface area contributed by atoms with Crippen molar-refractivity contribution in [2.75, 3.05) is 11.9 Å². The molecule has 1 heterocycles. The van der Waals surface area contributed by atoms with Crippen LogP contribution in [0.1, 0.15) is 30.3 Å². The second kappa shape index (κ2) is 6.63. The van der Waals surface area contributed by atoms with Gasteiger partial charge in [-0.15, -0.1) is 0 Å². The molecule has 4 nitrogen and oxygen atoms in total. The smallest absolute Gasteiger partial charge is 0.205 e. The summed E-state index contributed by atoms with van der Waals surface area (Å²) in [5.74, 6) is 0.949. The number of hydrogen-bond donors (Lipinski definition) is 1. The van der Waals surface area contributed by atoms with E-state index in [0.29, 0.717) is 6.54 Å². The molecule has 1 aromatic carbocycles. The predicted octanol–water partition coefficient (Wildman–Crippen LogP) is 2.59. The van der Waals surface area contributed by atoms with Gasteiger partial charge < -0.3 is 10.6 Å². The molecule has 2 N–H and O–H groups in total. The van der Waals surface area contributed by atoms with Crippen molar-refractivity contribution in [3.63, 3.8) is 0 Å². The highest BCUT2D eigenvalue weighted by Gasteiger charge is 2.09. The first-order valence-electron chi connectivity index (χ1n) is 6.54. The molecule has 0 aliphatic rings. The summed E-state index contributed by atoms with van der Waals surface area (Å²) >= 11 is 1.47. The fourth-order valence-electron chi connectivity index (χ4n) is 1.92. The Hall–Kier alpha value is -1.46. The number of nitrogens with two attached hydrogens (primary N) is 1. The fraction of sp³-hybridized carbons (Fsp3) is 0.429. The number of benzene rings is 1. The standard InChI is InChI=1S/C14H20N4S/c1-3-5-13-16-14(19-17-13)18(2)10-12-7-4-6-11(8-12)9-15/h4,6-8H,3,5,9-10,15H2,1-2H3. The zero-order chi connectivity index (χ0) is 13.7. The van der Waals surface area contributed by atoms with Crippen LogP contribution in [0.4, 0.5) is 5.13 Å². The average molecular weight is 276 g/mol. The van der Waals surface area contributed by atoms with E-state index in [9.17, 15) is 0 Å². The van der Waals surface area contributed by atoms with Crippen molar-refractivity contribution < 1.29 is 0 Å². The van der Waals surface area contributed by atoms with Gasteiger partial charge in [-0.25, -0.2) is 4.98 Å². The summed E-state index contributed by atoms with van der Waals surface area (Å²) < 4.78 is 4.37. The van der Waals surface area contributed by atoms with Gasteiger partial charge in [0.2, 0.25) is 5.13 Å².